The van der Waals surface area contributed by atoms with Crippen molar-refractivity contribution in [3.63, 3.8) is 0 Å². The molecular formula is C23H23N3O2. The Morgan fingerprint density at radius 2 is 1.96 bits per heavy atom. The molecule has 0 aliphatic rings. The van der Waals surface area contributed by atoms with Crippen molar-refractivity contribution in [2.75, 3.05) is 0 Å². The van der Waals surface area contributed by atoms with Crippen LogP contribution in [0.25, 0.3) is 0 Å². The van der Waals surface area contributed by atoms with Crippen molar-refractivity contribution in [1.29, 1.82) is 0 Å². The third kappa shape index (κ3) is 5.51. The van der Waals surface area contributed by atoms with E-state index in [4.69, 9.17) is 4.74 Å². The predicted molar refractivity (Wildman–Crippen MR) is 111 cm³/mol. The van der Waals surface area contributed by atoms with Gasteiger partial charge in [0.1, 0.15) is 12.4 Å². The highest BCUT2D eigenvalue weighted by atomic mass is 16.5. The van der Waals surface area contributed by atoms with Gasteiger partial charge in [-0.3, -0.25) is 9.78 Å². The maximum absolute atomic E-state index is 12.3. The first-order chi connectivity index (χ1) is 13.6. The third-order valence-corrected chi connectivity index (χ3v) is 4.21. The van der Waals surface area contributed by atoms with Crippen molar-refractivity contribution in [2.45, 2.75) is 26.4 Å². The molecule has 0 aliphatic carbocycles. The molecule has 0 aliphatic heterocycles. The Morgan fingerprint density at radius 1 is 1.14 bits per heavy atom. The Morgan fingerprint density at radius 3 is 2.68 bits per heavy atom. The second-order valence-corrected chi connectivity index (χ2v) is 6.70. The number of amides is 1. The molecule has 0 fully saturated rings. The molecule has 28 heavy (non-hydrogen) atoms. The third-order valence-electron chi connectivity index (χ3n) is 4.21. The summed E-state index contributed by atoms with van der Waals surface area (Å²) in [5, 5.41) is 3.97. The summed E-state index contributed by atoms with van der Waals surface area (Å²) < 4.78 is 5.83. The highest BCUT2D eigenvalue weighted by Gasteiger charge is 2.06. The zero-order valence-electron chi connectivity index (χ0n) is 16.0. The molecular weight excluding hydrogens is 350 g/mol. The number of hydrogen-bond acceptors (Lipinski definition) is 4. The Kier molecular flexibility index (Phi) is 6.52. The van der Waals surface area contributed by atoms with Crippen LogP contribution < -0.4 is 10.2 Å². The van der Waals surface area contributed by atoms with Gasteiger partial charge < -0.3 is 4.74 Å². The van der Waals surface area contributed by atoms with Crippen LogP contribution in [0.3, 0.4) is 0 Å². The van der Waals surface area contributed by atoms with E-state index in [-0.39, 0.29) is 5.91 Å². The maximum atomic E-state index is 12.3. The van der Waals surface area contributed by atoms with E-state index in [2.05, 4.69) is 41.5 Å². The van der Waals surface area contributed by atoms with Crippen molar-refractivity contribution in [3.05, 3.63) is 95.3 Å². The smallest absolute Gasteiger partial charge is 0.271 e. The minimum atomic E-state index is -0.275. The summed E-state index contributed by atoms with van der Waals surface area (Å²) in [6.07, 6.45) is 4.90. The Labute approximate surface area is 165 Å². The van der Waals surface area contributed by atoms with E-state index in [9.17, 15) is 4.79 Å². The van der Waals surface area contributed by atoms with Gasteiger partial charge in [0.05, 0.1) is 6.21 Å². The normalized spacial score (nSPS) is 11.0. The van der Waals surface area contributed by atoms with Crippen LogP contribution in [0.5, 0.6) is 5.75 Å². The average molecular weight is 373 g/mol. The lowest BCUT2D eigenvalue weighted by molar-refractivity contribution is 0.0955. The lowest BCUT2D eigenvalue weighted by Gasteiger charge is -2.09. The van der Waals surface area contributed by atoms with E-state index in [1.54, 1.807) is 30.7 Å². The van der Waals surface area contributed by atoms with Crippen molar-refractivity contribution < 1.29 is 9.53 Å². The molecule has 5 heteroatoms. The Bertz CT molecular complexity index is 936. The van der Waals surface area contributed by atoms with Crippen molar-refractivity contribution in [2.24, 2.45) is 5.10 Å². The molecule has 0 spiro atoms. The highest BCUT2D eigenvalue weighted by molar-refractivity contribution is 5.95. The predicted octanol–water partition coefficient (Wildman–Crippen LogP) is 4.55. The van der Waals surface area contributed by atoms with Crippen LogP contribution in [-0.2, 0) is 6.61 Å². The fourth-order valence-electron chi connectivity index (χ4n) is 2.60. The molecule has 1 heterocycles. The standard InChI is InChI=1S/C23H23N3O2/c1-17(2)20-8-10-22(11-9-20)28-16-18-5-3-7-21(13-18)23(27)26-25-15-19-6-4-12-24-14-19/h3-15,17H,16H2,1-2H3,(H,26,27)/b25-15-. The molecule has 0 saturated carbocycles. The average Bonchev–Trinajstić information content (AvgIpc) is 2.73. The van der Waals surface area contributed by atoms with Gasteiger partial charge in [0.15, 0.2) is 0 Å². The first-order valence-electron chi connectivity index (χ1n) is 9.17. The molecule has 0 unspecified atom stereocenters. The van der Waals surface area contributed by atoms with E-state index in [0.29, 0.717) is 18.1 Å². The monoisotopic (exact) mass is 373 g/mol. The number of aromatic nitrogens is 1. The van der Waals surface area contributed by atoms with E-state index in [1.165, 1.54) is 5.56 Å². The summed E-state index contributed by atoms with van der Waals surface area (Å²) in [7, 11) is 0. The molecule has 1 N–H and O–H groups in total. The van der Waals surface area contributed by atoms with E-state index in [0.717, 1.165) is 16.9 Å². The molecule has 142 valence electrons. The Hall–Kier alpha value is -3.47. The molecule has 0 radical (unpaired) electrons. The first kappa shape index (κ1) is 19.3. The number of carbonyl (C=O) groups is 1. The number of nitrogens with one attached hydrogen (secondary N) is 1. The number of rotatable bonds is 7. The van der Waals surface area contributed by atoms with Gasteiger partial charge in [-0.05, 0) is 47.4 Å². The van der Waals surface area contributed by atoms with E-state index < -0.39 is 0 Å². The number of hydrazone groups is 1. The van der Waals surface area contributed by atoms with Crippen LogP contribution in [0, 0.1) is 0 Å². The summed E-state index contributed by atoms with van der Waals surface area (Å²) >= 11 is 0. The van der Waals surface area contributed by atoms with Crippen LogP contribution in [0.15, 0.2) is 78.2 Å². The van der Waals surface area contributed by atoms with Gasteiger partial charge in [-0.25, -0.2) is 5.43 Å². The van der Waals surface area contributed by atoms with E-state index >= 15 is 0 Å². The van der Waals surface area contributed by atoms with Crippen LogP contribution in [0.4, 0.5) is 0 Å². The molecule has 1 amide bonds. The zero-order valence-corrected chi connectivity index (χ0v) is 16.0. The lowest BCUT2D eigenvalue weighted by Crippen LogP contribution is -2.17. The maximum Gasteiger partial charge on any atom is 0.271 e. The molecule has 0 bridgehead atoms. The minimum Gasteiger partial charge on any atom is -0.489 e. The number of nitrogens with zero attached hydrogens (tertiary/aromatic N) is 2. The zero-order chi connectivity index (χ0) is 19.8. The number of carbonyl (C=O) groups excluding carboxylic acids is 1. The van der Waals surface area contributed by atoms with Gasteiger partial charge in [0.2, 0.25) is 0 Å². The lowest BCUT2D eigenvalue weighted by atomic mass is 10.0. The van der Waals surface area contributed by atoms with Gasteiger partial charge in [-0.2, -0.15) is 5.10 Å². The van der Waals surface area contributed by atoms with Gasteiger partial charge >= 0.3 is 0 Å². The second-order valence-electron chi connectivity index (χ2n) is 6.70. The molecule has 1 aromatic heterocycles. The summed E-state index contributed by atoms with van der Waals surface area (Å²) in [6, 6.07) is 19.1. The van der Waals surface area contributed by atoms with Gasteiger partial charge in [0.25, 0.3) is 5.91 Å². The number of benzene rings is 2. The Balaban J connectivity index is 1.57. The van der Waals surface area contributed by atoms with Crippen LogP contribution in [0.2, 0.25) is 0 Å². The number of pyridine rings is 1. The molecule has 0 atom stereocenters. The summed E-state index contributed by atoms with van der Waals surface area (Å²) in [6.45, 7) is 4.71. The van der Waals surface area contributed by atoms with Gasteiger partial charge in [-0.15, -0.1) is 0 Å². The van der Waals surface area contributed by atoms with Crippen molar-refractivity contribution >= 4 is 12.1 Å². The van der Waals surface area contributed by atoms with E-state index in [1.807, 2.05) is 36.4 Å². The molecule has 2 aromatic carbocycles. The number of ether oxygens (including phenoxy) is 1. The van der Waals surface area contributed by atoms with Crippen LogP contribution in [-0.4, -0.2) is 17.1 Å². The second kappa shape index (κ2) is 9.46. The molecule has 3 aromatic rings. The summed E-state index contributed by atoms with van der Waals surface area (Å²) in [5.74, 6) is 1.02. The van der Waals surface area contributed by atoms with Gasteiger partial charge in [-0.1, -0.05) is 44.2 Å². The van der Waals surface area contributed by atoms with Gasteiger partial charge in [0, 0.05) is 23.5 Å². The largest absolute Gasteiger partial charge is 0.489 e. The van der Waals surface area contributed by atoms with Crippen LogP contribution >= 0.6 is 0 Å². The fraction of sp³-hybridized carbons (Fsp3) is 0.174. The molecule has 5 nitrogen and oxygen atoms in total. The quantitative estimate of drug-likeness (QED) is 0.488. The molecule has 3 rings (SSSR count). The van der Waals surface area contributed by atoms with Crippen molar-refractivity contribution in [1.82, 2.24) is 10.4 Å². The van der Waals surface area contributed by atoms with Crippen LogP contribution in [0.1, 0.15) is 46.8 Å². The number of hydrogen-bond donors (Lipinski definition) is 1. The molecule has 0 saturated heterocycles. The topological polar surface area (TPSA) is 63.6 Å². The minimum absolute atomic E-state index is 0.275. The highest BCUT2D eigenvalue weighted by Crippen LogP contribution is 2.19. The van der Waals surface area contributed by atoms with Crippen molar-refractivity contribution in [3.8, 4) is 5.75 Å². The SMILES string of the molecule is CC(C)c1ccc(OCc2cccc(C(=O)N/N=C\c3cccnc3)c2)cc1. The summed E-state index contributed by atoms with van der Waals surface area (Å²) in [4.78, 5) is 16.3. The summed E-state index contributed by atoms with van der Waals surface area (Å²) in [5.41, 5.74) is 6.06. The fourth-order valence-corrected chi connectivity index (χ4v) is 2.60. The first-order valence-corrected chi connectivity index (χ1v) is 9.17.